The molecule has 21 heavy (non-hydrogen) atoms. The zero-order valence-electron chi connectivity index (χ0n) is 10.8. The average Bonchev–Trinajstić information content (AvgIpc) is 2.38. The molecule has 4 nitrogen and oxygen atoms in total. The molecule has 0 aromatic heterocycles. The lowest BCUT2D eigenvalue weighted by atomic mass is 10.0. The second-order valence-electron chi connectivity index (χ2n) is 3.92. The number of carbonyl (C=O) groups is 1. The van der Waals surface area contributed by atoms with Gasteiger partial charge in [-0.1, -0.05) is 17.7 Å². The molecule has 1 aromatic rings. The predicted molar refractivity (Wildman–Crippen MR) is 66.6 cm³/mol. The lowest BCUT2D eigenvalue weighted by Gasteiger charge is -2.17. The fraction of sp³-hybridized carbons (Fsp3) is 0.417. The van der Waals surface area contributed by atoms with Gasteiger partial charge in [-0.25, -0.2) is 9.18 Å². The molecule has 0 bridgehead atoms. The molecular weight excluding hydrogens is 318 g/mol. The zero-order chi connectivity index (χ0) is 16.2. The van der Waals surface area contributed by atoms with Crippen molar-refractivity contribution in [3.05, 3.63) is 28.8 Å². The highest BCUT2D eigenvalue weighted by atomic mass is 35.5. The maximum absolute atomic E-state index is 13.7. The van der Waals surface area contributed by atoms with E-state index in [4.69, 9.17) is 17.3 Å². The van der Waals surface area contributed by atoms with Gasteiger partial charge in [-0.05, 0) is 24.6 Å². The molecule has 0 radical (unpaired) electrons. The van der Waals surface area contributed by atoms with Gasteiger partial charge in [0.05, 0.1) is 17.7 Å². The number of hydrogen-bond donors (Lipinski definition) is 1. The Bertz CT molecular complexity index is 510. The fourth-order valence-corrected chi connectivity index (χ4v) is 1.70. The van der Waals surface area contributed by atoms with E-state index in [9.17, 15) is 22.4 Å². The van der Waals surface area contributed by atoms with Crippen LogP contribution >= 0.6 is 11.6 Å². The summed E-state index contributed by atoms with van der Waals surface area (Å²) in [7, 11) is 0. The molecule has 0 aliphatic heterocycles. The van der Waals surface area contributed by atoms with Crippen LogP contribution in [0.5, 0.6) is 5.75 Å². The highest BCUT2D eigenvalue weighted by Crippen LogP contribution is 2.32. The van der Waals surface area contributed by atoms with E-state index in [1.807, 2.05) is 0 Å². The number of hydrogen-bond acceptors (Lipinski definition) is 4. The van der Waals surface area contributed by atoms with Gasteiger partial charge in [-0.3, -0.25) is 0 Å². The van der Waals surface area contributed by atoms with Crippen LogP contribution in [0.1, 0.15) is 18.5 Å². The van der Waals surface area contributed by atoms with Crippen molar-refractivity contribution < 1.29 is 31.8 Å². The van der Waals surface area contributed by atoms with Crippen LogP contribution in [-0.2, 0) is 9.53 Å². The normalized spacial score (nSPS) is 14.4. The summed E-state index contributed by atoms with van der Waals surface area (Å²) in [6, 6.07) is 1.56. The summed E-state index contributed by atoms with van der Waals surface area (Å²) in [5.74, 6) is -1.80. The van der Waals surface area contributed by atoms with Crippen LogP contribution in [-0.4, -0.2) is 25.1 Å². The lowest BCUT2D eigenvalue weighted by molar-refractivity contribution is -0.274. The highest BCUT2D eigenvalue weighted by molar-refractivity contribution is 6.32. The number of esters is 1. The van der Waals surface area contributed by atoms with E-state index in [1.54, 1.807) is 0 Å². The van der Waals surface area contributed by atoms with E-state index < -0.39 is 35.3 Å². The minimum Gasteiger partial charge on any atom is -0.464 e. The van der Waals surface area contributed by atoms with Crippen molar-refractivity contribution in [3.63, 3.8) is 0 Å². The smallest absolute Gasteiger partial charge is 0.464 e. The van der Waals surface area contributed by atoms with Crippen molar-refractivity contribution in [1.82, 2.24) is 0 Å². The van der Waals surface area contributed by atoms with E-state index in [-0.39, 0.29) is 12.2 Å². The Balaban J connectivity index is 2.90. The number of nitrogens with two attached hydrogens (primary N) is 1. The fourth-order valence-electron chi connectivity index (χ4n) is 1.47. The quantitative estimate of drug-likeness (QED) is 0.666. The standard InChI is InChI=1S/C12H12ClF4NO3/c1-2-20-11(19)9(14)10(18)6-3-4-8(7(13)5-6)21-12(15,16)17/h3-5,9-10H,2,18H2,1H3/t9?,10-/m0/s1. The molecule has 2 N–H and O–H groups in total. The van der Waals surface area contributed by atoms with Crippen molar-refractivity contribution in [2.24, 2.45) is 5.73 Å². The van der Waals surface area contributed by atoms with Crippen molar-refractivity contribution in [1.29, 1.82) is 0 Å². The molecule has 0 saturated carbocycles. The molecule has 0 aliphatic rings. The maximum atomic E-state index is 13.7. The van der Waals surface area contributed by atoms with Gasteiger partial charge in [0.1, 0.15) is 5.75 Å². The minimum atomic E-state index is -4.90. The molecular formula is C12H12ClF4NO3. The van der Waals surface area contributed by atoms with Crippen LogP contribution < -0.4 is 10.5 Å². The molecule has 118 valence electrons. The second-order valence-corrected chi connectivity index (χ2v) is 4.32. The van der Waals surface area contributed by atoms with Crippen molar-refractivity contribution >= 4 is 17.6 Å². The Kier molecular flexibility index (Phi) is 5.79. The molecule has 1 aromatic carbocycles. The molecule has 1 unspecified atom stereocenters. The molecule has 0 fully saturated rings. The van der Waals surface area contributed by atoms with Crippen molar-refractivity contribution in [2.75, 3.05) is 6.61 Å². The number of halogens is 5. The Labute approximate surface area is 122 Å². The highest BCUT2D eigenvalue weighted by Gasteiger charge is 2.33. The van der Waals surface area contributed by atoms with Gasteiger partial charge in [-0.15, -0.1) is 13.2 Å². The van der Waals surface area contributed by atoms with E-state index in [0.29, 0.717) is 0 Å². The third-order valence-electron chi connectivity index (χ3n) is 2.39. The van der Waals surface area contributed by atoms with Gasteiger partial charge in [0.15, 0.2) is 0 Å². The lowest BCUT2D eigenvalue weighted by Crippen LogP contribution is -2.31. The Hall–Kier alpha value is -1.54. The van der Waals surface area contributed by atoms with Crippen LogP contribution in [0.25, 0.3) is 0 Å². The first-order chi connectivity index (χ1) is 9.65. The molecule has 0 spiro atoms. The summed E-state index contributed by atoms with van der Waals surface area (Å²) in [5, 5.41) is -0.406. The second kappa shape index (κ2) is 6.95. The number of alkyl halides is 4. The minimum absolute atomic E-state index is 0.0227. The average molecular weight is 330 g/mol. The summed E-state index contributed by atoms with van der Waals surface area (Å²) in [4.78, 5) is 11.2. The zero-order valence-corrected chi connectivity index (χ0v) is 11.5. The van der Waals surface area contributed by atoms with E-state index in [2.05, 4.69) is 9.47 Å². The van der Waals surface area contributed by atoms with Gasteiger partial charge in [0.25, 0.3) is 0 Å². The van der Waals surface area contributed by atoms with Gasteiger partial charge < -0.3 is 15.2 Å². The largest absolute Gasteiger partial charge is 0.573 e. The number of rotatable bonds is 5. The first kappa shape index (κ1) is 17.5. The molecule has 0 amide bonds. The first-order valence-electron chi connectivity index (χ1n) is 5.77. The summed E-state index contributed by atoms with van der Waals surface area (Å²) in [5.41, 5.74) is 5.56. The molecule has 0 heterocycles. The van der Waals surface area contributed by atoms with Crippen LogP contribution in [0.3, 0.4) is 0 Å². The molecule has 1 rings (SSSR count). The summed E-state index contributed by atoms with van der Waals surface area (Å²) in [6.07, 6.45) is -7.06. The van der Waals surface area contributed by atoms with Gasteiger partial charge in [-0.2, -0.15) is 0 Å². The van der Waals surface area contributed by atoms with Crippen LogP contribution in [0.2, 0.25) is 5.02 Å². The molecule has 2 atom stereocenters. The van der Waals surface area contributed by atoms with E-state index in [0.717, 1.165) is 18.2 Å². The Morgan fingerprint density at radius 1 is 1.43 bits per heavy atom. The number of benzene rings is 1. The predicted octanol–water partition coefficient (Wildman–Crippen LogP) is 3.14. The van der Waals surface area contributed by atoms with E-state index in [1.165, 1.54) is 6.92 Å². The SMILES string of the molecule is CCOC(=O)C(F)[C@@H](N)c1ccc(OC(F)(F)F)c(Cl)c1. The molecule has 9 heteroatoms. The number of ether oxygens (including phenoxy) is 2. The third kappa shape index (κ3) is 5.05. The number of carbonyl (C=O) groups excluding carboxylic acids is 1. The van der Waals surface area contributed by atoms with Crippen molar-refractivity contribution in [3.8, 4) is 5.75 Å². The van der Waals surface area contributed by atoms with Crippen molar-refractivity contribution in [2.45, 2.75) is 25.5 Å². The Morgan fingerprint density at radius 2 is 2.05 bits per heavy atom. The van der Waals surface area contributed by atoms with Crippen LogP contribution in [0.15, 0.2) is 18.2 Å². The summed E-state index contributed by atoms with van der Waals surface area (Å²) in [6.45, 7) is 1.47. The van der Waals surface area contributed by atoms with Crippen LogP contribution in [0.4, 0.5) is 17.6 Å². The third-order valence-corrected chi connectivity index (χ3v) is 2.69. The molecule has 0 saturated heterocycles. The summed E-state index contributed by atoms with van der Waals surface area (Å²) >= 11 is 5.61. The first-order valence-corrected chi connectivity index (χ1v) is 6.15. The topological polar surface area (TPSA) is 61.5 Å². The Morgan fingerprint density at radius 3 is 2.52 bits per heavy atom. The van der Waals surface area contributed by atoms with Gasteiger partial charge >= 0.3 is 12.3 Å². The maximum Gasteiger partial charge on any atom is 0.573 e. The van der Waals surface area contributed by atoms with E-state index >= 15 is 0 Å². The van der Waals surface area contributed by atoms with Crippen LogP contribution in [0, 0.1) is 0 Å². The van der Waals surface area contributed by atoms with Gasteiger partial charge in [0.2, 0.25) is 6.17 Å². The molecule has 0 aliphatic carbocycles. The van der Waals surface area contributed by atoms with Gasteiger partial charge in [0, 0.05) is 0 Å². The monoisotopic (exact) mass is 329 g/mol. The summed E-state index contributed by atoms with van der Waals surface area (Å²) < 4.78 is 58.1.